The first-order valence-corrected chi connectivity index (χ1v) is 4.52. The summed E-state index contributed by atoms with van der Waals surface area (Å²) < 4.78 is 4.47. The van der Waals surface area contributed by atoms with E-state index in [4.69, 9.17) is 0 Å². The Balaban J connectivity index is 2.13. The van der Waals surface area contributed by atoms with Crippen molar-refractivity contribution in [3.05, 3.63) is 29.1 Å². The predicted octanol–water partition coefficient (Wildman–Crippen LogP) is 1.27. The van der Waals surface area contributed by atoms with E-state index in [1.165, 1.54) is 6.20 Å². The molecule has 0 bridgehead atoms. The SMILES string of the molecule is O=C1OC(=O)c2cc(C3CC3)ncc21. The van der Waals surface area contributed by atoms with Gasteiger partial charge >= 0.3 is 11.9 Å². The van der Waals surface area contributed by atoms with Crippen molar-refractivity contribution in [2.24, 2.45) is 0 Å². The highest BCUT2D eigenvalue weighted by Crippen LogP contribution is 2.39. The van der Waals surface area contributed by atoms with Crippen LogP contribution in [0, 0.1) is 0 Å². The molecule has 0 spiro atoms. The number of aromatic nitrogens is 1. The number of pyridine rings is 1. The van der Waals surface area contributed by atoms with E-state index in [2.05, 4.69) is 9.72 Å². The summed E-state index contributed by atoms with van der Waals surface area (Å²) in [6.07, 6.45) is 3.68. The zero-order valence-electron chi connectivity index (χ0n) is 7.32. The Hall–Kier alpha value is -1.71. The molecule has 1 aromatic heterocycles. The number of hydrogen-bond acceptors (Lipinski definition) is 4. The molecule has 1 saturated carbocycles. The fourth-order valence-electron chi connectivity index (χ4n) is 1.60. The Morgan fingerprint density at radius 1 is 1.21 bits per heavy atom. The van der Waals surface area contributed by atoms with Gasteiger partial charge in [0, 0.05) is 17.8 Å². The van der Waals surface area contributed by atoms with Crippen LogP contribution < -0.4 is 0 Å². The van der Waals surface area contributed by atoms with Gasteiger partial charge in [0.25, 0.3) is 0 Å². The summed E-state index contributed by atoms with van der Waals surface area (Å²) >= 11 is 0. The average Bonchev–Trinajstić information content (AvgIpc) is 2.96. The quantitative estimate of drug-likeness (QED) is 0.493. The number of hydrogen-bond donors (Lipinski definition) is 0. The predicted molar refractivity (Wildman–Crippen MR) is 46.0 cm³/mol. The van der Waals surface area contributed by atoms with Crippen LogP contribution in [0.5, 0.6) is 0 Å². The van der Waals surface area contributed by atoms with Crippen molar-refractivity contribution < 1.29 is 14.3 Å². The van der Waals surface area contributed by atoms with E-state index in [9.17, 15) is 9.59 Å². The summed E-state index contributed by atoms with van der Waals surface area (Å²) in [4.78, 5) is 26.4. The summed E-state index contributed by atoms with van der Waals surface area (Å²) in [5.74, 6) is -0.655. The minimum atomic E-state index is -0.583. The van der Waals surface area contributed by atoms with Gasteiger partial charge in [-0.05, 0) is 18.9 Å². The van der Waals surface area contributed by atoms with E-state index >= 15 is 0 Å². The third-order valence-corrected chi connectivity index (χ3v) is 2.55. The van der Waals surface area contributed by atoms with Crippen LogP contribution in [0.1, 0.15) is 45.2 Å². The van der Waals surface area contributed by atoms with E-state index in [0.29, 0.717) is 17.0 Å². The number of carbonyl (C=O) groups excluding carboxylic acids is 2. The number of fused-ring (bicyclic) bond motifs is 1. The molecule has 0 aromatic carbocycles. The maximum atomic E-state index is 11.2. The lowest BCUT2D eigenvalue weighted by molar-refractivity contribution is 0.0443. The summed E-state index contributed by atoms with van der Waals surface area (Å²) in [5.41, 5.74) is 1.56. The van der Waals surface area contributed by atoms with Crippen LogP contribution in [0.3, 0.4) is 0 Å². The fraction of sp³-hybridized carbons (Fsp3) is 0.300. The number of nitrogens with zero attached hydrogens (tertiary/aromatic N) is 1. The summed E-state index contributed by atoms with van der Waals surface area (Å²) in [6.45, 7) is 0. The minimum Gasteiger partial charge on any atom is -0.386 e. The van der Waals surface area contributed by atoms with Crippen molar-refractivity contribution in [3.63, 3.8) is 0 Å². The Morgan fingerprint density at radius 2 is 1.93 bits per heavy atom. The molecule has 70 valence electrons. The first-order valence-electron chi connectivity index (χ1n) is 4.52. The molecule has 14 heavy (non-hydrogen) atoms. The highest BCUT2D eigenvalue weighted by atomic mass is 16.6. The standard InChI is InChI=1S/C10H7NO3/c12-9-6-3-8(5-1-2-5)11-4-7(6)10(13)14-9/h3-5H,1-2H2. The van der Waals surface area contributed by atoms with E-state index in [0.717, 1.165) is 18.5 Å². The Kier molecular flexibility index (Phi) is 1.32. The molecule has 0 unspecified atom stereocenters. The average molecular weight is 189 g/mol. The molecule has 0 amide bonds. The van der Waals surface area contributed by atoms with Crippen LogP contribution in [-0.2, 0) is 4.74 Å². The summed E-state index contributed by atoms with van der Waals surface area (Å²) in [7, 11) is 0. The molecule has 1 fully saturated rings. The van der Waals surface area contributed by atoms with Gasteiger partial charge in [0.15, 0.2) is 0 Å². The van der Waals surface area contributed by atoms with Crippen molar-refractivity contribution >= 4 is 11.9 Å². The second kappa shape index (κ2) is 2.41. The van der Waals surface area contributed by atoms with Crippen LogP contribution in [0.2, 0.25) is 0 Å². The molecule has 2 aliphatic rings. The Labute approximate surface area is 79.9 Å². The van der Waals surface area contributed by atoms with Gasteiger partial charge < -0.3 is 4.74 Å². The monoisotopic (exact) mass is 189 g/mol. The summed E-state index contributed by atoms with van der Waals surface area (Å²) in [6, 6.07) is 1.68. The molecular formula is C10H7NO3. The molecule has 1 aliphatic heterocycles. The number of rotatable bonds is 1. The molecule has 3 rings (SSSR count). The fourth-order valence-corrected chi connectivity index (χ4v) is 1.60. The number of carbonyl (C=O) groups is 2. The largest absolute Gasteiger partial charge is 0.386 e. The molecule has 4 nitrogen and oxygen atoms in total. The third kappa shape index (κ3) is 0.968. The van der Waals surface area contributed by atoms with Gasteiger partial charge in [-0.3, -0.25) is 4.98 Å². The smallest absolute Gasteiger partial charge is 0.348 e. The van der Waals surface area contributed by atoms with Crippen molar-refractivity contribution in [2.45, 2.75) is 18.8 Å². The topological polar surface area (TPSA) is 56.3 Å². The second-order valence-corrected chi connectivity index (χ2v) is 3.61. The van der Waals surface area contributed by atoms with Gasteiger partial charge in [-0.25, -0.2) is 9.59 Å². The maximum Gasteiger partial charge on any atom is 0.348 e. The van der Waals surface area contributed by atoms with Crippen molar-refractivity contribution in [2.75, 3.05) is 0 Å². The maximum absolute atomic E-state index is 11.2. The van der Waals surface area contributed by atoms with E-state index in [1.54, 1.807) is 6.07 Å². The molecule has 0 radical (unpaired) electrons. The van der Waals surface area contributed by atoms with Crippen molar-refractivity contribution in [3.8, 4) is 0 Å². The molecule has 0 saturated heterocycles. The van der Waals surface area contributed by atoms with E-state index < -0.39 is 11.9 Å². The lowest BCUT2D eigenvalue weighted by atomic mass is 10.1. The lowest BCUT2D eigenvalue weighted by Gasteiger charge is -1.97. The van der Waals surface area contributed by atoms with Crippen molar-refractivity contribution in [1.82, 2.24) is 4.98 Å². The number of esters is 2. The van der Waals surface area contributed by atoms with Crippen LogP contribution >= 0.6 is 0 Å². The molecule has 0 N–H and O–H groups in total. The van der Waals surface area contributed by atoms with E-state index in [1.807, 2.05) is 0 Å². The molecule has 1 aliphatic carbocycles. The van der Waals surface area contributed by atoms with Gasteiger partial charge in [-0.2, -0.15) is 0 Å². The van der Waals surface area contributed by atoms with E-state index in [-0.39, 0.29) is 0 Å². The van der Waals surface area contributed by atoms with Crippen LogP contribution in [0.4, 0.5) is 0 Å². The normalized spacial score (nSPS) is 19.4. The van der Waals surface area contributed by atoms with Crippen LogP contribution in [-0.4, -0.2) is 16.9 Å². The van der Waals surface area contributed by atoms with Gasteiger partial charge in [0.1, 0.15) is 0 Å². The van der Waals surface area contributed by atoms with Gasteiger partial charge in [0.05, 0.1) is 11.1 Å². The van der Waals surface area contributed by atoms with Crippen LogP contribution in [0.15, 0.2) is 12.3 Å². The molecular weight excluding hydrogens is 182 g/mol. The zero-order valence-corrected chi connectivity index (χ0v) is 7.32. The minimum absolute atomic E-state index is 0.291. The Morgan fingerprint density at radius 3 is 2.64 bits per heavy atom. The molecule has 1 aromatic rings. The molecule has 4 heteroatoms. The first kappa shape index (κ1) is 7.67. The Bertz CT molecular complexity index is 449. The third-order valence-electron chi connectivity index (χ3n) is 2.55. The molecule has 2 heterocycles. The first-order chi connectivity index (χ1) is 6.75. The van der Waals surface area contributed by atoms with Gasteiger partial charge in [0.2, 0.25) is 0 Å². The highest BCUT2D eigenvalue weighted by molar-refractivity contribution is 6.14. The number of ether oxygens (including phenoxy) is 1. The lowest BCUT2D eigenvalue weighted by Crippen LogP contribution is -1.96. The number of cyclic esters (lactones) is 2. The van der Waals surface area contributed by atoms with Crippen LogP contribution in [0.25, 0.3) is 0 Å². The van der Waals surface area contributed by atoms with Gasteiger partial charge in [-0.1, -0.05) is 0 Å². The zero-order chi connectivity index (χ0) is 9.71. The summed E-state index contributed by atoms with van der Waals surface area (Å²) in [5, 5.41) is 0. The van der Waals surface area contributed by atoms with Gasteiger partial charge in [-0.15, -0.1) is 0 Å². The van der Waals surface area contributed by atoms with Crippen molar-refractivity contribution in [1.29, 1.82) is 0 Å². The highest BCUT2D eigenvalue weighted by Gasteiger charge is 2.33. The molecule has 0 atom stereocenters. The second-order valence-electron chi connectivity index (χ2n) is 3.61.